The zero-order chi connectivity index (χ0) is 14.8. The summed E-state index contributed by atoms with van der Waals surface area (Å²) in [6.07, 6.45) is 2.65. The largest absolute Gasteiger partial charge is 0.478 e. The molecule has 1 aliphatic heterocycles. The number of hydrogen-bond donors (Lipinski definition) is 2. The number of aromatic carboxylic acids is 1. The van der Waals surface area contributed by atoms with Gasteiger partial charge in [0.2, 0.25) is 0 Å². The molecule has 21 heavy (non-hydrogen) atoms. The van der Waals surface area contributed by atoms with E-state index in [0.717, 1.165) is 49.4 Å². The third-order valence-corrected chi connectivity index (χ3v) is 4.03. The molecular weight excluding hydrogens is 266 g/mol. The summed E-state index contributed by atoms with van der Waals surface area (Å²) in [6, 6.07) is 7.13. The van der Waals surface area contributed by atoms with Crippen molar-refractivity contribution in [3.05, 3.63) is 52.6 Å². The average molecular weight is 285 g/mol. The first-order chi connectivity index (χ1) is 10.1. The minimum atomic E-state index is -0.879. The minimum absolute atomic E-state index is 0.343. The molecular formula is C16H19N3O2. The number of carbonyl (C=O) groups is 1. The minimum Gasteiger partial charge on any atom is -0.478 e. The smallest absolute Gasteiger partial charge is 0.335 e. The molecule has 110 valence electrons. The maximum atomic E-state index is 11.0. The van der Waals surface area contributed by atoms with E-state index in [1.54, 1.807) is 18.2 Å². The number of hydrogen-bond acceptors (Lipinski definition) is 3. The Morgan fingerprint density at radius 1 is 1.43 bits per heavy atom. The summed E-state index contributed by atoms with van der Waals surface area (Å²) < 4.78 is 2.19. The molecule has 1 aromatic heterocycles. The molecule has 0 amide bonds. The van der Waals surface area contributed by atoms with Gasteiger partial charge in [0.1, 0.15) is 5.82 Å². The Morgan fingerprint density at radius 3 is 3.05 bits per heavy atom. The second kappa shape index (κ2) is 5.69. The Bertz CT molecular complexity index is 676. The number of nitrogens with zero attached hydrogens (tertiary/aromatic N) is 2. The third kappa shape index (κ3) is 2.83. The summed E-state index contributed by atoms with van der Waals surface area (Å²) in [5, 5.41) is 12.4. The van der Waals surface area contributed by atoms with E-state index in [-0.39, 0.29) is 0 Å². The molecule has 3 rings (SSSR count). The lowest BCUT2D eigenvalue weighted by Gasteiger charge is -2.13. The highest BCUT2D eigenvalue weighted by atomic mass is 16.4. The fraction of sp³-hybridized carbons (Fsp3) is 0.375. The molecule has 0 spiro atoms. The molecule has 0 fully saturated rings. The molecule has 0 atom stereocenters. The summed E-state index contributed by atoms with van der Waals surface area (Å²) >= 11 is 0. The highest BCUT2D eigenvalue weighted by molar-refractivity contribution is 5.87. The van der Waals surface area contributed by atoms with Crippen LogP contribution in [0.4, 0.5) is 0 Å². The van der Waals surface area contributed by atoms with Gasteiger partial charge in [-0.3, -0.25) is 0 Å². The van der Waals surface area contributed by atoms with Gasteiger partial charge in [-0.15, -0.1) is 0 Å². The summed E-state index contributed by atoms with van der Waals surface area (Å²) in [7, 11) is 2.07. The SMILES string of the molecule is Cn1c(CCc2cccc(C(=O)O)c2)nc2c1CCNC2. The predicted molar refractivity (Wildman–Crippen MR) is 79.4 cm³/mol. The van der Waals surface area contributed by atoms with Crippen LogP contribution in [0.15, 0.2) is 24.3 Å². The van der Waals surface area contributed by atoms with Crippen LogP contribution in [0.25, 0.3) is 0 Å². The van der Waals surface area contributed by atoms with Crippen molar-refractivity contribution in [3.63, 3.8) is 0 Å². The number of fused-ring (bicyclic) bond motifs is 1. The van der Waals surface area contributed by atoms with Gasteiger partial charge in [-0.25, -0.2) is 9.78 Å². The normalized spacial score (nSPS) is 14.0. The molecule has 5 heteroatoms. The summed E-state index contributed by atoms with van der Waals surface area (Å²) in [6.45, 7) is 1.85. The van der Waals surface area contributed by atoms with Crippen LogP contribution in [-0.4, -0.2) is 27.2 Å². The van der Waals surface area contributed by atoms with E-state index in [2.05, 4.69) is 16.9 Å². The number of benzene rings is 1. The third-order valence-electron chi connectivity index (χ3n) is 4.03. The first-order valence-corrected chi connectivity index (χ1v) is 7.21. The number of nitrogens with one attached hydrogen (secondary N) is 1. The Morgan fingerprint density at radius 2 is 2.29 bits per heavy atom. The first-order valence-electron chi connectivity index (χ1n) is 7.21. The number of aromatic nitrogens is 2. The quantitative estimate of drug-likeness (QED) is 0.894. The Hall–Kier alpha value is -2.14. The van der Waals surface area contributed by atoms with Crippen molar-refractivity contribution in [1.82, 2.24) is 14.9 Å². The van der Waals surface area contributed by atoms with Gasteiger partial charge in [-0.1, -0.05) is 12.1 Å². The highest BCUT2D eigenvalue weighted by Crippen LogP contribution is 2.16. The Labute approximate surface area is 123 Å². The van der Waals surface area contributed by atoms with Gasteiger partial charge in [0, 0.05) is 38.7 Å². The first kappa shape index (κ1) is 13.8. The standard InChI is InChI=1S/C16H19N3O2/c1-19-14-7-8-17-10-13(14)18-15(19)6-5-11-3-2-4-12(9-11)16(20)21/h2-4,9,17H,5-8,10H2,1H3,(H,20,21). The van der Waals surface area contributed by atoms with Gasteiger partial charge in [0.25, 0.3) is 0 Å². The van der Waals surface area contributed by atoms with Crippen molar-refractivity contribution >= 4 is 5.97 Å². The van der Waals surface area contributed by atoms with Crippen LogP contribution in [0.3, 0.4) is 0 Å². The zero-order valence-electron chi connectivity index (χ0n) is 12.1. The summed E-state index contributed by atoms with van der Waals surface area (Å²) in [5.74, 6) is 0.194. The molecule has 2 N–H and O–H groups in total. The zero-order valence-corrected chi connectivity index (χ0v) is 12.1. The van der Waals surface area contributed by atoms with Gasteiger partial charge >= 0.3 is 5.97 Å². The van der Waals surface area contributed by atoms with E-state index in [9.17, 15) is 4.79 Å². The van der Waals surface area contributed by atoms with Gasteiger partial charge in [-0.05, 0) is 24.1 Å². The van der Waals surface area contributed by atoms with Crippen molar-refractivity contribution in [2.75, 3.05) is 6.54 Å². The van der Waals surface area contributed by atoms with Gasteiger partial charge in [-0.2, -0.15) is 0 Å². The summed E-state index contributed by atoms with van der Waals surface area (Å²) in [5.41, 5.74) is 3.85. The van der Waals surface area contributed by atoms with Crippen molar-refractivity contribution in [2.45, 2.75) is 25.8 Å². The van der Waals surface area contributed by atoms with Crippen molar-refractivity contribution in [1.29, 1.82) is 0 Å². The number of imidazole rings is 1. The fourth-order valence-corrected chi connectivity index (χ4v) is 2.85. The Balaban J connectivity index is 1.74. The molecule has 1 aromatic carbocycles. The number of carboxylic acids is 1. The van der Waals surface area contributed by atoms with Gasteiger partial charge < -0.3 is 15.0 Å². The number of aryl methyl sites for hydroxylation is 2. The molecule has 5 nitrogen and oxygen atoms in total. The molecule has 0 aliphatic carbocycles. The van der Waals surface area contributed by atoms with Gasteiger partial charge in [0.05, 0.1) is 11.3 Å². The molecule has 0 radical (unpaired) electrons. The van der Waals surface area contributed by atoms with E-state index in [1.807, 2.05) is 6.07 Å². The fourth-order valence-electron chi connectivity index (χ4n) is 2.85. The van der Waals surface area contributed by atoms with Crippen LogP contribution in [0.2, 0.25) is 0 Å². The van der Waals surface area contributed by atoms with Crippen LogP contribution in [0.5, 0.6) is 0 Å². The molecule has 0 unspecified atom stereocenters. The maximum Gasteiger partial charge on any atom is 0.335 e. The van der Waals surface area contributed by atoms with Gasteiger partial charge in [0.15, 0.2) is 0 Å². The lowest BCUT2D eigenvalue weighted by molar-refractivity contribution is 0.0697. The van der Waals surface area contributed by atoms with Crippen LogP contribution in [-0.2, 0) is 32.9 Å². The van der Waals surface area contributed by atoms with E-state index in [0.29, 0.717) is 5.56 Å². The molecule has 1 aliphatic rings. The van der Waals surface area contributed by atoms with Crippen LogP contribution in [0, 0.1) is 0 Å². The van der Waals surface area contributed by atoms with Crippen molar-refractivity contribution < 1.29 is 9.90 Å². The predicted octanol–water partition coefficient (Wildman–Crippen LogP) is 1.55. The Kier molecular flexibility index (Phi) is 3.75. The lowest BCUT2D eigenvalue weighted by Crippen LogP contribution is -2.24. The number of carboxylic acid groups (broad SMARTS) is 1. The average Bonchev–Trinajstić information content (AvgIpc) is 2.82. The number of rotatable bonds is 4. The molecule has 0 saturated carbocycles. The molecule has 2 heterocycles. The van der Waals surface area contributed by atoms with E-state index in [4.69, 9.17) is 10.1 Å². The van der Waals surface area contributed by atoms with Crippen molar-refractivity contribution in [2.24, 2.45) is 7.05 Å². The second-order valence-electron chi connectivity index (χ2n) is 5.41. The van der Waals surface area contributed by atoms with E-state index >= 15 is 0 Å². The monoisotopic (exact) mass is 285 g/mol. The highest BCUT2D eigenvalue weighted by Gasteiger charge is 2.17. The van der Waals surface area contributed by atoms with Crippen LogP contribution >= 0.6 is 0 Å². The topological polar surface area (TPSA) is 67.2 Å². The second-order valence-corrected chi connectivity index (χ2v) is 5.41. The molecule has 0 saturated heterocycles. The maximum absolute atomic E-state index is 11.0. The van der Waals surface area contributed by atoms with Crippen LogP contribution in [0.1, 0.15) is 33.1 Å². The molecule has 2 aromatic rings. The van der Waals surface area contributed by atoms with E-state index < -0.39 is 5.97 Å². The lowest BCUT2D eigenvalue weighted by atomic mass is 10.1. The van der Waals surface area contributed by atoms with Crippen LogP contribution < -0.4 is 5.32 Å². The van der Waals surface area contributed by atoms with E-state index in [1.165, 1.54) is 5.69 Å². The molecule has 0 bridgehead atoms. The summed E-state index contributed by atoms with van der Waals surface area (Å²) in [4.78, 5) is 15.7. The van der Waals surface area contributed by atoms with Crippen molar-refractivity contribution in [3.8, 4) is 0 Å².